The summed E-state index contributed by atoms with van der Waals surface area (Å²) in [4.78, 5) is 66.3. The molecule has 2 unspecified atom stereocenters. The van der Waals surface area contributed by atoms with E-state index in [0.717, 1.165) is 4.90 Å². The molecule has 9 nitrogen and oxygen atoms in total. The second-order valence-corrected chi connectivity index (χ2v) is 10.3. The molecular formula is C24H28N2O7S. The summed E-state index contributed by atoms with van der Waals surface area (Å²) in [5.41, 5.74) is 0.268. The van der Waals surface area contributed by atoms with E-state index >= 15 is 0 Å². The molecule has 182 valence electrons. The molecule has 1 saturated heterocycles. The van der Waals surface area contributed by atoms with Crippen LogP contribution in [0, 0.1) is 0 Å². The van der Waals surface area contributed by atoms with Crippen LogP contribution in [0.15, 0.2) is 35.5 Å². The lowest BCUT2D eigenvalue weighted by Crippen LogP contribution is -2.70. The average Bonchev–Trinajstić information content (AvgIpc) is 3.00. The predicted molar refractivity (Wildman–Crippen MR) is 125 cm³/mol. The molecule has 1 aromatic carbocycles. The van der Waals surface area contributed by atoms with Gasteiger partial charge >= 0.3 is 11.9 Å². The van der Waals surface area contributed by atoms with Crippen LogP contribution in [0.5, 0.6) is 0 Å². The van der Waals surface area contributed by atoms with Gasteiger partial charge in [-0.15, -0.1) is 11.8 Å². The first kappa shape index (κ1) is 25.5. The van der Waals surface area contributed by atoms with E-state index < -0.39 is 46.7 Å². The molecule has 2 atom stereocenters. The summed E-state index contributed by atoms with van der Waals surface area (Å²) in [6.45, 7) is 8.51. The molecule has 0 radical (unpaired) electrons. The van der Waals surface area contributed by atoms with Crippen LogP contribution in [0.25, 0.3) is 0 Å². The van der Waals surface area contributed by atoms with E-state index in [4.69, 9.17) is 4.74 Å². The third-order valence-electron chi connectivity index (χ3n) is 5.25. The average molecular weight is 489 g/mol. The van der Waals surface area contributed by atoms with Crippen molar-refractivity contribution in [2.45, 2.75) is 58.1 Å². The summed E-state index contributed by atoms with van der Waals surface area (Å²) in [6.07, 6.45) is 0.0606. The summed E-state index contributed by atoms with van der Waals surface area (Å²) < 4.78 is 10.2. The summed E-state index contributed by atoms with van der Waals surface area (Å²) >= 11 is 1.19. The lowest BCUT2D eigenvalue weighted by Gasteiger charge is -2.49. The molecule has 0 aliphatic carbocycles. The SMILES string of the molecule is COC(=O)CCSC1C(N2C(=O)c3ccccc3C2=O)C(=O)N1C(C(=O)OC(C)(C)C)=C(C)C. The van der Waals surface area contributed by atoms with Crippen molar-refractivity contribution in [3.63, 3.8) is 0 Å². The van der Waals surface area contributed by atoms with Crippen molar-refractivity contribution in [1.82, 2.24) is 9.80 Å². The zero-order valence-corrected chi connectivity index (χ0v) is 20.9. The van der Waals surface area contributed by atoms with Crippen LogP contribution in [0.3, 0.4) is 0 Å². The molecule has 3 amide bonds. The van der Waals surface area contributed by atoms with Crippen molar-refractivity contribution in [3.05, 3.63) is 46.7 Å². The number of β-lactam (4-membered cyclic amide) rings is 1. The minimum atomic E-state index is -1.12. The van der Waals surface area contributed by atoms with Crippen molar-refractivity contribution < 1.29 is 33.4 Å². The van der Waals surface area contributed by atoms with Gasteiger partial charge in [0, 0.05) is 5.75 Å². The van der Waals surface area contributed by atoms with Crippen LogP contribution >= 0.6 is 11.8 Å². The molecule has 3 rings (SSSR count). The van der Waals surface area contributed by atoms with Gasteiger partial charge in [-0.1, -0.05) is 12.1 Å². The van der Waals surface area contributed by atoms with Gasteiger partial charge < -0.3 is 9.47 Å². The number of carbonyl (C=O) groups is 5. The van der Waals surface area contributed by atoms with Gasteiger partial charge in [-0.05, 0) is 52.3 Å². The monoisotopic (exact) mass is 488 g/mol. The third-order valence-corrected chi connectivity index (χ3v) is 6.50. The number of thioether (sulfide) groups is 1. The topological polar surface area (TPSA) is 110 Å². The van der Waals surface area contributed by atoms with Gasteiger partial charge in [0.05, 0.1) is 24.7 Å². The number of ether oxygens (including phenoxy) is 2. The van der Waals surface area contributed by atoms with Crippen LogP contribution in [0.4, 0.5) is 0 Å². The number of imide groups is 1. The highest BCUT2D eigenvalue weighted by atomic mass is 32.2. The second kappa shape index (κ2) is 9.61. The molecule has 0 N–H and O–H groups in total. The number of allylic oxidation sites excluding steroid dienone is 1. The number of hydrogen-bond acceptors (Lipinski definition) is 8. The van der Waals surface area contributed by atoms with Crippen LogP contribution in [-0.4, -0.2) is 69.3 Å². The molecule has 1 fully saturated rings. The van der Waals surface area contributed by atoms with E-state index in [1.54, 1.807) is 46.8 Å². The molecular weight excluding hydrogens is 460 g/mol. The fourth-order valence-electron chi connectivity index (χ4n) is 3.79. The number of amides is 3. The number of hydrogen-bond donors (Lipinski definition) is 0. The second-order valence-electron chi connectivity index (χ2n) is 9.12. The van der Waals surface area contributed by atoms with E-state index in [0.29, 0.717) is 5.57 Å². The third kappa shape index (κ3) is 4.72. The smallest absolute Gasteiger partial charge is 0.355 e. The Bertz CT molecular complexity index is 1050. The molecule has 1 aromatic rings. The van der Waals surface area contributed by atoms with Crippen molar-refractivity contribution >= 4 is 41.4 Å². The van der Waals surface area contributed by atoms with Crippen molar-refractivity contribution in [3.8, 4) is 0 Å². The number of nitrogens with zero attached hydrogens (tertiary/aromatic N) is 2. The van der Waals surface area contributed by atoms with Gasteiger partial charge in [0.15, 0.2) is 0 Å². The lowest BCUT2D eigenvalue weighted by molar-refractivity contribution is -0.159. The Morgan fingerprint density at radius 1 is 1.03 bits per heavy atom. The summed E-state index contributed by atoms with van der Waals surface area (Å²) in [5, 5.41) is -0.767. The van der Waals surface area contributed by atoms with Gasteiger partial charge in [-0.2, -0.15) is 0 Å². The van der Waals surface area contributed by atoms with Gasteiger partial charge in [-0.25, -0.2) is 4.79 Å². The minimum absolute atomic E-state index is 0.0587. The molecule has 10 heteroatoms. The molecule has 0 aromatic heterocycles. The highest BCUT2D eigenvalue weighted by Crippen LogP contribution is 2.41. The molecule has 2 aliphatic heterocycles. The normalized spacial score (nSPS) is 19.5. The highest BCUT2D eigenvalue weighted by Gasteiger charge is 2.58. The fourth-order valence-corrected chi connectivity index (χ4v) is 5.09. The number of esters is 2. The van der Waals surface area contributed by atoms with E-state index in [2.05, 4.69) is 4.74 Å². The number of rotatable bonds is 7. The first-order valence-corrected chi connectivity index (χ1v) is 11.8. The van der Waals surface area contributed by atoms with Gasteiger partial charge in [0.2, 0.25) is 0 Å². The highest BCUT2D eigenvalue weighted by molar-refractivity contribution is 8.00. The lowest BCUT2D eigenvalue weighted by atomic mass is 10.0. The quantitative estimate of drug-likeness (QED) is 0.249. The maximum Gasteiger partial charge on any atom is 0.355 e. The van der Waals surface area contributed by atoms with E-state index in [1.165, 1.54) is 35.9 Å². The largest absolute Gasteiger partial charge is 0.469 e. The van der Waals surface area contributed by atoms with Crippen LogP contribution in [0.1, 0.15) is 61.8 Å². The maximum absolute atomic E-state index is 13.4. The summed E-state index contributed by atoms with van der Waals surface area (Å²) in [6, 6.07) is 5.26. The fraction of sp³-hybridized carbons (Fsp3) is 0.458. The van der Waals surface area contributed by atoms with Crippen LogP contribution < -0.4 is 0 Å². The van der Waals surface area contributed by atoms with E-state index in [1.807, 2.05) is 0 Å². The first-order chi connectivity index (χ1) is 15.9. The van der Waals surface area contributed by atoms with Crippen molar-refractivity contribution in [2.75, 3.05) is 12.9 Å². The molecule has 0 saturated carbocycles. The van der Waals surface area contributed by atoms with Gasteiger partial charge in [-0.3, -0.25) is 29.0 Å². The number of benzene rings is 1. The van der Waals surface area contributed by atoms with Crippen molar-refractivity contribution in [2.24, 2.45) is 0 Å². The predicted octanol–water partition coefficient (Wildman–Crippen LogP) is 2.75. The van der Waals surface area contributed by atoms with Gasteiger partial charge in [0.25, 0.3) is 17.7 Å². The van der Waals surface area contributed by atoms with E-state index in [9.17, 15) is 24.0 Å². The maximum atomic E-state index is 13.4. The first-order valence-electron chi connectivity index (χ1n) is 10.8. The molecule has 34 heavy (non-hydrogen) atoms. The molecule has 2 heterocycles. The van der Waals surface area contributed by atoms with Gasteiger partial charge in [0.1, 0.15) is 22.7 Å². The van der Waals surface area contributed by atoms with Crippen molar-refractivity contribution in [1.29, 1.82) is 0 Å². The van der Waals surface area contributed by atoms with Crippen LogP contribution in [-0.2, 0) is 23.9 Å². The minimum Gasteiger partial charge on any atom is -0.469 e. The summed E-state index contributed by atoms with van der Waals surface area (Å²) in [7, 11) is 1.28. The summed E-state index contributed by atoms with van der Waals surface area (Å²) in [5.74, 6) is -2.55. The number of carbonyl (C=O) groups excluding carboxylic acids is 5. The Hall–Kier alpha value is -3.14. The number of likely N-dealkylation sites (tertiary alicyclic amines) is 1. The Morgan fingerprint density at radius 2 is 1.59 bits per heavy atom. The van der Waals surface area contributed by atoms with Crippen LogP contribution in [0.2, 0.25) is 0 Å². The Morgan fingerprint density at radius 3 is 2.06 bits per heavy atom. The Kier molecular flexibility index (Phi) is 7.21. The zero-order valence-electron chi connectivity index (χ0n) is 20.0. The standard InChI is InChI=1S/C24H28N2O7S/c1-13(2)17(23(31)33-24(3,4)5)26-21(30)18(22(26)34-12-11-16(27)32-6)25-19(28)14-9-7-8-10-15(14)20(25)29/h7-10,18,22H,11-12H2,1-6H3. The molecule has 0 spiro atoms. The van der Waals surface area contributed by atoms with E-state index in [-0.39, 0.29) is 29.0 Å². The molecule has 0 bridgehead atoms. The molecule has 2 aliphatic rings. The Labute approximate surface area is 202 Å². The number of fused-ring (bicyclic) bond motifs is 1. The zero-order chi connectivity index (χ0) is 25.4. The number of methoxy groups -OCH3 is 1. The Balaban J connectivity index is 1.95.